The first kappa shape index (κ1) is 23.3. The second kappa shape index (κ2) is 9.40. The number of hydrogen-bond donors (Lipinski definition) is 2. The minimum absolute atomic E-state index is 0.0325. The molecule has 0 aromatic heterocycles. The van der Waals surface area contributed by atoms with Gasteiger partial charge in [0, 0.05) is 26.1 Å². The van der Waals surface area contributed by atoms with Crippen molar-refractivity contribution < 1.29 is 18.3 Å². The van der Waals surface area contributed by atoms with Crippen molar-refractivity contribution in [2.24, 2.45) is 0 Å². The summed E-state index contributed by atoms with van der Waals surface area (Å²) in [4.78, 5) is 14.5. The monoisotopic (exact) mass is 444 g/mol. The third-order valence-corrected chi connectivity index (χ3v) is 7.35. The van der Waals surface area contributed by atoms with Crippen LogP contribution in [0.4, 0.5) is 0 Å². The zero-order valence-electron chi connectivity index (χ0n) is 18.5. The van der Waals surface area contributed by atoms with E-state index >= 15 is 0 Å². The Morgan fingerprint density at radius 1 is 1.03 bits per heavy atom. The smallest absolute Gasteiger partial charge is 0.240 e. The van der Waals surface area contributed by atoms with Crippen molar-refractivity contribution >= 4 is 15.9 Å². The number of aromatic hydroxyl groups is 1. The molecule has 0 atom stereocenters. The van der Waals surface area contributed by atoms with E-state index in [0.29, 0.717) is 19.0 Å². The lowest BCUT2D eigenvalue weighted by molar-refractivity contribution is -0.132. The highest BCUT2D eigenvalue weighted by Gasteiger charge is 2.24. The lowest BCUT2D eigenvalue weighted by Gasteiger charge is -2.32. The molecular formula is C24H32N2O4S. The van der Waals surface area contributed by atoms with Crippen LogP contribution in [0.1, 0.15) is 57.1 Å². The van der Waals surface area contributed by atoms with Gasteiger partial charge in [0.15, 0.2) is 0 Å². The topological polar surface area (TPSA) is 86.7 Å². The molecule has 0 saturated carbocycles. The molecule has 0 aliphatic carbocycles. The highest BCUT2D eigenvalue weighted by Crippen LogP contribution is 2.29. The summed E-state index contributed by atoms with van der Waals surface area (Å²) in [5.74, 6) is 0.595. The Hall–Kier alpha value is -2.38. The van der Waals surface area contributed by atoms with Crippen LogP contribution in [-0.4, -0.2) is 44.0 Å². The molecule has 31 heavy (non-hydrogen) atoms. The number of hydrogen-bond acceptors (Lipinski definition) is 4. The van der Waals surface area contributed by atoms with Crippen LogP contribution in [0.3, 0.4) is 0 Å². The maximum Gasteiger partial charge on any atom is 0.240 e. The average molecular weight is 445 g/mol. The number of phenols is 1. The number of nitrogens with one attached hydrogen (secondary N) is 1. The summed E-state index contributed by atoms with van der Waals surface area (Å²) in [5.41, 5.74) is 2.20. The fourth-order valence-electron chi connectivity index (χ4n) is 3.88. The van der Waals surface area contributed by atoms with Crippen molar-refractivity contribution in [1.82, 2.24) is 9.62 Å². The number of sulfonamides is 1. The van der Waals surface area contributed by atoms with Crippen LogP contribution < -0.4 is 4.72 Å². The lowest BCUT2D eigenvalue weighted by atomic mass is 9.87. The third-order valence-electron chi connectivity index (χ3n) is 5.87. The Kier molecular flexibility index (Phi) is 7.06. The first-order valence-corrected chi connectivity index (χ1v) is 12.2. The van der Waals surface area contributed by atoms with Gasteiger partial charge >= 0.3 is 0 Å². The van der Waals surface area contributed by atoms with Crippen molar-refractivity contribution in [2.45, 2.75) is 56.3 Å². The predicted molar refractivity (Wildman–Crippen MR) is 122 cm³/mol. The first-order valence-electron chi connectivity index (χ1n) is 10.7. The van der Waals surface area contributed by atoms with Crippen molar-refractivity contribution in [2.75, 3.05) is 19.6 Å². The summed E-state index contributed by atoms with van der Waals surface area (Å²) in [5, 5.41) is 9.42. The number of nitrogens with zero attached hydrogens (tertiary/aromatic N) is 1. The van der Waals surface area contributed by atoms with Crippen molar-refractivity contribution in [1.29, 1.82) is 0 Å². The quantitative estimate of drug-likeness (QED) is 0.710. The normalized spacial score (nSPS) is 15.8. The van der Waals surface area contributed by atoms with E-state index in [1.807, 2.05) is 29.2 Å². The van der Waals surface area contributed by atoms with E-state index in [4.69, 9.17) is 0 Å². The first-order chi connectivity index (χ1) is 14.6. The minimum atomic E-state index is -3.64. The summed E-state index contributed by atoms with van der Waals surface area (Å²) >= 11 is 0. The summed E-state index contributed by atoms with van der Waals surface area (Å²) in [6.07, 6.45) is 1.87. The molecule has 6 nitrogen and oxygen atoms in total. The summed E-state index contributed by atoms with van der Waals surface area (Å²) < 4.78 is 27.6. The standard InChI is InChI=1S/C24H32N2O4S/c1-24(2,3)20-6-10-22(11-7-20)31(29,30)25-15-12-23(28)26-16-13-19(14-17-26)18-4-8-21(27)9-5-18/h4-11,19,25,27H,12-17H2,1-3H3. The van der Waals surface area contributed by atoms with E-state index in [2.05, 4.69) is 25.5 Å². The van der Waals surface area contributed by atoms with Gasteiger partial charge in [-0.2, -0.15) is 0 Å². The maximum absolute atomic E-state index is 12.5. The fraction of sp³-hybridized carbons (Fsp3) is 0.458. The number of likely N-dealkylation sites (tertiary alicyclic amines) is 1. The Labute approximate surface area is 185 Å². The molecule has 0 bridgehead atoms. The molecule has 1 heterocycles. The highest BCUT2D eigenvalue weighted by atomic mass is 32.2. The molecule has 2 aromatic rings. The van der Waals surface area contributed by atoms with Gasteiger partial charge in [0.25, 0.3) is 0 Å². The van der Waals surface area contributed by atoms with Crippen LogP contribution in [0.2, 0.25) is 0 Å². The van der Waals surface area contributed by atoms with Gasteiger partial charge in [0.2, 0.25) is 15.9 Å². The van der Waals surface area contributed by atoms with Crippen molar-refractivity contribution in [3.63, 3.8) is 0 Å². The molecule has 1 amide bonds. The number of benzene rings is 2. The summed E-state index contributed by atoms with van der Waals surface area (Å²) in [6, 6.07) is 14.1. The van der Waals surface area contributed by atoms with E-state index < -0.39 is 10.0 Å². The van der Waals surface area contributed by atoms with Gasteiger partial charge in [0.1, 0.15) is 5.75 Å². The Morgan fingerprint density at radius 3 is 2.16 bits per heavy atom. The average Bonchev–Trinajstić information content (AvgIpc) is 2.74. The summed E-state index contributed by atoms with van der Waals surface area (Å²) in [7, 11) is -3.64. The van der Waals surface area contributed by atoms with Gasteiger partial charge < -0.3 is 10.0 Å². The molecule has 1 aliphatic heterocycles. The Morgan fingerprint density at radius 2 is 1.61 bits per heavy atom. The molecule has 1 saturated heterocycles. The van der Waals surface area contributed by atoms with Crippen molar-refractivity contribution in [3.05, 3.63) is 59.7 Å². The molecule has 7 heteroatoms. The van der Waals surface area contributed by atoms with Crippen LogP contribution in [0.5, 0.6) is 5.75 Å². The second-order valence-corrected chi connectivity index (χ2v) is 10.9. The molecular weight excluding hydrogens is 412 g/mol. The molecule has 168 valence electrons. The van der Waals surface area contributed by atoms with Gasteiger partial charge in [-0.25, -0.2) is 13.1 Å². The molecule has 0 unspecified atom stereocenters. The fourth-order valence-corrected chi connectivity index (χ4v) is 4.91. The van der Waals surface area contributed by atoms with Gasteiger partial charge in [-0.3, -0.25) is 4.79 Å². The highest BCUT2D eigenvalue weighted by molar-refractivity contribution is 7.89. The van der Waals surface area contributed by atoms with Crippen LogP contribution in [0.15, 0.2) is 53.4 Å². The van der Waals surface area contributed by atoms with E-state index in [9.17, 15) is 18.3 Å². The number of rotatable bonds is 6. The zero-order chi connectivity index (χ0) is 22.6. The molecule has 2 N–H and O–H groups in total. The van der Waals surface area contributed by atoms with Crippen LogP contribution in [-0.2, 0) is 20.2 Å². The SMILES string of the molecule is CC(C)(C)c1ccc(S(=O)(=O)NCCC(=O)N2CCC(c3ccc(O)cc3)CC2)cc1. The number of piperidine rings is 1. The number of carbonyl (C=O) groups excluding carboxylic acids is 1. The molecule has 2 aromatic carbocycles. The molecule has 0 spiro atoms. The third kappa shape index (κ3) is 6.08. The number of carbonyl (C=O) groups is 1. The zero-order valence-corrected chi connectivity index (χ0v) is 19.3. The van der Waals surface area contributed by atoms with Crippen LogP contribution in [0, 0.1) is 0 Å². The molecule has 1 fully saturated rings. The van der Waals surface area contributed by atoms with Crippen LogP contribution >= 0.6 is 0 Å². The molecule has 1 aliphatic rings. The van der Waals surface area contributed by atoms with E-state index in [-0.39, 0.29) is 34.9 Å². The van der Waals surface area contributed by atoms with E-state index in [1.165, 1.54) is 5.56 Å². The van der Waals surface area contributed by atoms with Gasteiger partial charge in [-0.1, -0.05) is 45.0 Å². The Bertz CT molecular complexity index is 985. The Balaban J connectivity index is 1.47. The lowest BCUT2D eigenvalue weighted by Crippen LogP contribution is -2.39. The maximum atomic E-state index is 12.5. The van der Waals surface area contributed by atoms with E-state index in [1.54, 1.807) is 24.3 Å². The number of amides is 1. The van der Waals surface area contributed by atoms with Crippen molar-refractivity contribution in [3.8, 4) is 5.75 Å². The predicted octanol–water partition coefficient (Wildman–Crippen LogP) is 3.76. The van der Waals surface area contributed by atoms with Gasteiger partial charge in [0.05, 0.1) is 4.90 Å². The number of phenolic OH excluding ortho intramolecular Hbond substituents is 1. The summed E-state index contributed by atoms with van der Waals surface area (Å²) in [6.45, 7) is 7.63. The molecule has 0 radical (unpaired) electrons. The van der Waals surface area contributed by atoms with E-state index in [0.717, 1.165) is 18.4 Å². The van der Waals surface area contributed by atoms with Gasteiger partial charge in [-0.15, -0.1) is 0 Å². The second-order valence-electron chi connectivity index (χ2n) is 9.17. The molecule has 3 rings (SSSR count). The minimum Gasteiger partial charge on any atom is -0.508 e. The van der Waals surface area contributed by atoms with Gasteiger partial charge in [-0.05, 0) is 59.6 Å². The largest absolute Gasteiger partial charge is 0.508 e. The van der Waals surface area contributed by atoms with Crippen LogP contribution in [0.25, 0.3) is 0 Å².